The van der Waals surface area contributed by atoms with Crippen molar-refractivity contribution in [2.75, 3.05) is 13.2 Å². The SMILES string of the molecule is CCOC(=O)NN(SC(=N)c1cccnc1)C(=O)OCC. The van der Waals surface area contributed by atoms with Crippen molar-refractivity contribution >= 4 is 29.2 Å². The number of aromatic nitrogens is 1. The topological polar surface area (TPSA) is 105 Å². The van der Waals surface area contributed by atoms with E-state index in [0.717, 1.165) is 4.41 Å². The van der Waals surface area contributed by atoms with Gasteiger partial charge in [-0.2, -0.15) is 0 Å². The van der Waals surface area contributed by atoms with Crippen LogP contribution in [0.2, 0.25) is 0 Å². The van der Waals surface area contributed by atoms with Crippen molar-refractivity contribution in [2.45, 2.75) is 13.8 Å². The van der Waals surface area contributed by atoms with E-state index in [1.807, 2.05) is 0 Å². The number of nitrogens with one attached hydrogen (secondary N) is 2. The van der Waals surface area contributed by atoms with Crippen LogP contribution < -0.4 is 5.43 Å². The van der Waals surface area contributed by atoms with Crippen LogP contribution in [-0.4, -0.2) is 39.8 Å². The van der Waals surface area contributed by atoms with Crippen molar-refractivity contribution < 1.29 is 19.1 Å². The van der Waals surface area contributed by atoms with Crippen molar-refractivity contribution in [3.8, 4) is 0 Å². The number of nitrogens with zero attached hydrogens (tertiary/aromatic N) is 2. The monoisotopic (exact) mass is 312 g/mol. The lowest BCUT2D eigenvalue weighted by Crippen LogP contribution is -2.43. The van der Waals surface area contributed by atoms with Gasteiger partial charge in [-0.15, -0.1) is 4.41 Å². The van der Waals surface area contributed by atoms with Gasteiger partial charge >= 0.3 is 12.2 Å². The smallest absolute Gasteiger partial charge is 0.439 e. The highest BCUT2D eigenvalue weighted by Crippen LogP contribution is 2.16. The van der Waals surface area contributed by atoms with E-state index in [-0.39, 0.29) is 18.3 Å². The molecule has 1 aromatic heterocycles. The van der Waals surface area contributed by atoms with Gasteiger partial charge in [0.1, 0.15) is 5.04 Å². The van der Waals surface area contributed by atoms with Crippen molar-refractivity contribution in [2.24, 2.45) is 0 Å². The van der Waals surface area contributed by atoms with Crippen molar-refractivity contribution in [3.63, 3.8) is 0 Å². The quantitative estimate of drug-likeness (QED) is 0.383. The Morgan fingerprint density at radius 3 is 2.67 bits per heavy atom. The minimum Gasteiger partial charge on any atom is -0.449 e. The van der Waals surface area contributed by atoms with Gasteiger partial charge in [0.2, 0.25) is 0 Å². The van der Waals surface area contributed by atoms with E-state index in [4.69, 9.17) is 14.9 Å². The Hall–Kier alpha value is -2.29. The summed E-state index contributed by atoms with van der Waals surface area (Å²) in [5.41, 5.74) is 2.70. The average molecular weight is 312 g/mol. The van der Waals surface area contributed by atoms with E-state index in [2.05, 4.69) is 10.4 Å². The van der Waals surface area contributed by atoms with Gasteiger partial charge in [-0.3, -0.25) is 10.4 Å². The van der Waals surface area contributed by atoms with Gasteiger partial charge in [0.15, 0.2) is 0 Å². The van der Waals surface area contributed by atoms with Crippen LogP contribution in [0.5, 0.6) is 0 Å². The van der Waals surface area contributed by atoms with E-state index in [0.29, 0.717) is 17.5 Å². The van der Waals surface area contributed by atoms with Crippen LogP contribution in [0.4, 0.5) is 9.59 Å². The normalized spacial score (nSPS) is 9.62. The molecule has 2 N–H and O–H groups in total. The highest BCUT2D eigenvalue weighted by Gasteiger charge is 2.21. The fourth-order valence-corrected chi connectivity index (χ4v) is 1.83. The zero-order chi connectivity index (χ0) is 15.7. The molecule has 0 spiro atoms. The maximum atomic E-state index is 11.8. The van der Waals surface area contributed by atoms with E-state index < -0.39 is 12.2 Å². The third-order valence-electron chi connectivity index (χ3n) is 2.01. The summed E-state index contributed by atoms with van der Waals surface area (Å²) in [6.07, 6.45) is 1.44. The fourth-order valence-electron chi connectivity index (χ4n) is 1.18. The Morgan fingerprint density at radius 1 is 1.38 bits per heavy atom. The molecule has 2 amide bonds. The van der Waals surface area contributed by atoms with Crippen LogP contribution >= 0.6 is 11.9 Å². The number of hydrogen-bond acceptors (Lipinski definition) is 7. The number of rotatable bonds is 3. The Bertz CT molecular complexity index is 497. The highest BCUT2D eigenvalue weighted by atomic mass is 32.2. The molecule has 0 unspecified atom stereocenters. The maximum absolute atomic E-state index is 11.8. The second-order valence-corrected chi connectivity index (χ2v) is 4.44. The minimum absolute atomic E-state index is 0.0213. The number of amides is 2. The molecule has 0 aliphatic heterocycles. The molecule has 0 radical (unpaired) electrons. The molecule has 0 aromatic carbocycles. The Labute approximate surface area is 126 Å². The predicted octanol–water partition coefficient (Wildman–Crippen LogP) is 2.17. The number of hydrogen-bond donors (Lipinski definition) is 2. The summed E-state index contributed by atoms with van der Waals surface area (Å²) >= 11 is 0.690. The van der Waals surface area contributed by atoms with Gasteiger partial charge in [0, 0.05) is 29.9 Å². The summed E-state index contributed by atoms with van der Waals surface area (Å²) in [6, 6.07) is 3.33. The second-order valence-electron chi connectivity index (χ2n) is 3.49. The van der Waals surface area contributed by atoms with E-state index >= 15 is 0 Å². The molecule has 114 valence electrons. The van der Waals surface area contributed by atoms with Crippen LogP contribution in [0.25, 0.3) is 0 Å². The number of hydrazine groups is 1. The van der Waals surface area contributed by atoms with Gasteiger partial charge in [-0.1, -0.05) is 0 Å². The molecule has 9 heteroatoms. The molecule has 8 nitrogen and oxygen atoms in total. The summed E-state index contributed by atoms with van der Waals surface area (Å²) < 4.78 is 10.3. The third kappa shape index (κ3) is 5.69. The van der Waals surface area contributed by atoms with Crippen molar-refractivity contribution in [1.82, 2.24) is 14.8 Å². The molecule has 21 heavy (non-hydrogen) atoms. The number of carbonyl (C=O) groups excluding carboxylic acids is 2. The lowest BCUT2D eigenvalue weighted by atomic mass is 10.3. The molecular weight excluding hydrogens is 296 g/mol. The standard InChI is InChI=1S/C12H16N4O4S/c1-3-19-11(17)15-16(12(18)20-4-2)21-10(13)9-6-5-7-14-8-9/h5-8,13H,3-4H2,1-2H3,(H,15,17). The molecule has 0 bridgehead atoms. The zero-order valence-corrected chi connectivity index (χ0v) is 12.5. The Morgan fingerprint density at radius 2 is 2.10 bits per heavy atom. The highest BCUT2D eigenvalue weighted by molar-refractivity contribution is 8.12. The van der Waals surface area contributed by atoms with Crippen LogP contribution in [0, 0.1) is 5.41 Å². The second kappa shape index (κ2) is 8.80. The molecule has 1 heterocycles. The molecule has 0 fully saturated rings. The number of pyridine rings is 1. The molecule has 1 aromatic rings. The first-order valence-electron chi connectivity index (χ1n) is 6.15. The Balaban J connectivity index is 2.74. The number of ether oxygens (including phenoxy) is 2. The van der Waals surface area contributed by atoms with E-state index in [9.17, 15) is 9.59 Å². The zero-order valence-electron chi connectivity index (χ0n) is 11.7. The van der Waals surface area contributed by atoms with Gasteiger partial charge < -0.3 is 9.47 Å². The third-order valence-corrected chi connectivity index (χ3v) is 2.85. The van der Waals surface area contributed by atoms with Crippen LogP contribution in [-0.2, 0) is 9.47 Å². The molecule has 0 aliphatic carbocycles. The molecule has 1 rings (SSSR count). The largest absolute Gasteiger partial charge is 0.449 e. The summed E-state index contributed by atoms with van der Waals surface area (Å²) in [5.74, 6) is 0. The summed E-state index contributed by atoms with van der Waals surface area (Å²) in [4.78, 5) is 27.0. The van der Waals surface area contributed by atoms with Crippen molar-refractivity contribution in [3.05, 3.63) is 30.1 Å². The van der Waals surface area contributed by atoms with Gasteiger partial charge in [-0.05, 0) is 26.0 Å². The molecule has 0 saturated carbocycles. The first kappa shape index (κ1) is 16.8. The molecule has 0 aliphatic rings. The average Bonchev–Trinajstić information content (AvgIpc) is 2.48. The fraction of sp³-hybridized carbons (Fsp3) is 0.333. The lowest BCUT2D eigenvalue weighted by molar-refractivity contribution is 0.107. The molecule has 0 atom stereocenters. The van der Waals surface area contributed by atoms with Crippen molar-refractivity contribution in [1.29, 1.82) is 5.41 Å². The summed E-state index contributed by atoms with van der Waals surface area (Å²) in [7, 11) is 0. The van der Waals surface area contributed by atoms with Gasteiger partial charge in [0.25, 0.3) is 0 Å². The Kier molecular flexibility index (Phi) is 7.02. The molecule has 0 saturated heterocycles. The lowest BCUT2D eigenvalue weighted by Gasteiger charge is -2.20. The minimum atomic E-state index is -0.808. The van der Waals surface area contributed by atoms with Crippen LogP contribution in [0.1, 0.15) is 19.4 Å². The summed E-state index contributed by atoms with van der Waals surface area (Å²) in [5, 5.41) is 7.93. The van der Waals surface area contributed by atoms with Gasteiger partial charge in [0.05, 0.1) is 13.2 Å². The molecular formula is C12H16N4O4S. The number of carbonyl (C=O) groups is 2. The van der Waals surface area contributed by atoms with E-state index in [1.54, 1.807) is 32.2 Å². The first-order valence-corrected chi connectivity index (χ1v) is 6.93. The first-order chi connectivity index (χ1) is 10.1. The van der Waals surface area contributed by atoms with E-state index in [1.165, 1.54) is 6.20 Å². The summed E-state index contributed by atoms with van der Waals surface area (Å²) in [6.45, 7) is 3.57. The maximum Gasteiger partial charge on any atom is 0.439 e. The van der Waals surface area contributed by atoms with Crippen LogP contribution in [0.3, 0.4) is 0 Å². The van der Waals surface area contributed by atoms with Gasteiger partial charge in [-0.25, -0.2) is 15.0 Å². The predicted molar refractivity (Wildman–Crippen MR) is 77.7 cm³/mol. The van der Waals surface area contributed by atoms with Crippen LogP contribution in [0.15, 0.2) is 24.5 Å².